The summed E-state index contributed by atoms with van der Waals surface area (Å²) in [7, 11) is 0. The number of para-hydroxylation sites is 1. The van der Waals surface area contributed by atoms with Gasteiger partial charge in [0.25, 0.3) is 11.7 Å². The fraction of sp³-hybridized carbons (Fsp3) is 0.250. The molecule has 3 aromatic heterocycles. The molecular weight excluding hydrogens is 354 g/mol. The van der Waals surface area contributed by atoms with Crippen molar-refractivity contribution >= 4 is 17.4 Å². The predicted octanol–water partition coefficient (Wildman–Crippen LogP) is 3.05. The van der Waals surface area contributed by atoms with Crippen molar-refractivity contribution in [2.24, 2.45) is 0 Å². The lowest BCUT2D eigenvalue weighted by Gasteiger charge is -2.13. The summed E-state index contributed by atoms with van der Waals surface area (Å²) >= 11 is 0. The minimum atomic E-state index is -0.276. The van der Waals surface area contributed by atoms with Crippen molar-refractivity contribution in [1.82, 2.24) is 29.1 Å². The fourth-order valence-corrected chi connectivity index (χ4v) is 3.08. The second-order valence-corrected chi connectivity index (χ2v) is 6.91. The summed E-state index contributed by atoms with van der Waals surface area (Å²) in [4.78, 5) is 25.7. The van der Waals surface area contributed by atoms with Gasteiger partial charge in [0.1, 0.15) is 17.8 Å². The molecule has 4 aromatic rings. The highest BCUT2D eigenvalue weighted by molar-refractivity contribution is 6.03. The van der Waals surface area contributed by atoms with Crippen LogP contribution in [-0.4, -0.2) is 35.0 Å². The van der Waals surface area contributed by atoms with Gasteiger partial charge < -0.3 is 9.88 Å². The average Bonchev–Trinajstić information content (AvgIpc) is 3.31. The Morgan fingerprint density at radius 1 is 1.21 bits per heavy atom. The van der Waals surface area contributed by atoms with Crippen molar-refractivity contribution in [1.29, 1.82) is 0 Å². The first kappa shape index (κ1) is 17.8. The van der Waals surface area contributed by atoms with Crippen molar-refractivity contribution < 1.29 is 4.79 Å². The van der Waals surface area contributed by atoms with Gasteiger partial charge in [0.2, 0.25) is 0 Å². The Morgan fingerprint density at radius 3 is 2.79 bits per heavy atom. The van der Waals surface area contributed by atoms with E-state index in [0.29, 0.717) is 18.0 Å². The van der Waals surface area contributed by atoms with Gasteiger partial charge in [-0.05, 0) is 30.5 Å². The van der Waals surface area contributed by atoms with E-state index in [1.54, 1.807) is 16.8 Å². The number of nitrogens with zero attached hydrogens (tertiary/aromatic N) is 6. The number of aryl methyl sites for hydroxylation is 1. The molecule has 8 heteroatoms. The van der Waals surface area contributed by atoms with Crippen molar-refractivity contribution in [2.75, 3.05) is 5.32 Å². The summed E-state index contributed by atoms with van der Waals surface area (Å²) in [6.07, 6.45) is 5.13. The number of anilines is 1. The van der Waals surface area contributed by atoms with Crippen LogP contribution in [0.1, 0.15) is 47.3 Å². The molecule has 0 spiro atoms. The number of hydrogen-bond acceptors (Lipinski definition) is 5. The minimum absolute atomic E-state index is 0.176. The third-order valence-electron chi connectivity index (χ3n) is 4.63. The van der Waals surface area contributed by atoms with Gasteiger partial charge in [-0.2, -0.15) is 10.1 Å². The number of rotatable bonds is 5. The topological polar surface area (TPSA) is 90.0 Å². The molecule has 0 unspecified atom stereocenters. The Balaban J connectivity index is 1.64. The van der Waals surface area contributed by atoms with Gasteiger partial charge in [-0.15, -0.1) is 0 Å². The van der Waals surface area contributed by atoms with Gasteiger partial charge in [0.05, 0.1) is 12.2 Å². The van der Waals surface area contributed by atoms with E-state index in [1.165, 1.54) is 6.33 Å². The van der Waals surface area contributed by atoms with Crippen molar-refractivity contribution in [3.05, 3.63) is 71.8 Å². The molecule has 4 rings (SSSR count). The molecule has 0 radical (unpaired) electrons. The molecular formula is C20H21N7O. The van der Waals surface area contributed by atoms with E-state index in [0.717, 1.165) is 22.8 Å². The molecule has 8 nitrogen and oxygen atoms in total. The van der Waals surface area contributed by atoms with Crippen molar-refractivity contribution in [3.8, 4) is 0 Å². The number of imidazole rings is 1. The smallest absolute Gasteiger partial charge is 0.274 e. The van der Waals surface area contributed by atoms with E-state index in [9.17, 15) is 4.79 Å². The third kappa shape index (κ3) is 3.36. The molecule has 1 amide bonds. The number of fused-ring (bicyclic) bond motifs is 1. The Labute approximate surface area is 162 Å². The molecule has 0 bridgehead atoms. The fourth-order valence-electron chi connectivity index (χ4n) is 3.08. The van der Waals surface area contributed by atoms with E-state index in [4.69, 9.17) is 0 Å². The highest BCUT2D eigenvalue weighted by atomic mass is 16.1. The highest BCUT2D eigenvalue weighted by Gasteiger charge is 2.16. The van der Waals surface area contributed by atoms with Gasteiger partial charge in [0, 0.05) is 18.1 Å². The van der Waals surface area contributed by atoms with Crippen LogP contribution in [0.4, 0.5) is 5.69 Å². The zero-order valence-corrected chi connectivity index (χ0v) is 16.0. The second kappa shape index (κ2) is 7.22. The van der Waals surface area contributed by atoms with E-state index in [-0.39, 0.29) is 11.8 Å². The maximum absolute atomic E-state index is 12.9. The van der Waals surface area contributed by atoms with Crippen LogP contribution >= 0.6 is 0 Å². The van der Waals surface area contributed by atoms with Gasteiger partial charge in [0.15, 0.2) is 0 Å². The number of hydrogen-bond donors (Lipinski definition) is 1. The molecule has 0 saturated carbocycles. The van der Waals surface area contributed by atoms with E-state index >= 15 is 0 Å². The summed E-state index contributed by atoms with van der Waals surface area (Å²) in [6, 6.07) is 9.50. The minimum Gasteiger partial charge on any atom is -0.331 e. The number of carbonyl (C=O) groups is 1. The number of carbonyl (C=O) groups excluding carboxylic acids is 1. The zero-order valence-electron chi connectivity index (χ0n) is 16.0. The number of amides is 1. The molecule has 0 aliphatic rings. The first-order valence-corrected chi connectivity index (χ1v) is 9.10. The first-order chi connectivity index (χ1) is 13.5. The van der Waals surface area contributed by atoms with Crippen LogP contribution in [0.25, 0.3) is 5.78 Å². The van der Waals surface area contributed by atoms with Crippen LogP contribution in [-0.2, 0) is 6.54 Å². The monoisotopic (exact) mass is 375 g/mol. The summed E-state index contributed by atoms with van der Waals surface area (Å²) in [6.45, 7) is 6.66. The SMILES string of the molecule is Cc1nccn1Cc1ccccc1NC(=O)c1cc(C(C)C)n2ncnc2n1. The molecule has 1 N–H and O–H groups in total. The third-order valence-corrected chi connectivity index (χ3v) is 4.63. The molecule has 1 aromatic carbocycles. The first-order valence-electron chi connectivity index (χ1n) is 9.10. The van der Waals surface area contributed by atoms with Crippen LogP contribution in [0.2, 0.25) is 0 Å². The predicted molar refractivity (Wildman–Crippen MR) is 105 cm³/mol. The van der Waals surface area contributed by atoms with E-state index in [2.05, 4.69) is 25.4 Å². The van der Waals surface area contributed by atoms with Crippen LogP contribution < -0.4 is 5.32 Å². The second-order valence-electron chi connectivity index (χ2n) is 6.91. The molecule has 28 heavy (non-hydrogen) atoms. The zero-order chi connectivity index (χ0) is 19.7. The summed E-state index contributed by atoms with van der Waals surface area (Å²) in [5, 5.41) is 7.18. The number of nitrogens with one attached hydrogen (secondary N) is 1. The van der Waals surface area contributed by atoms with Gasteiger partial charge in [-0.25, -0.2) is 14.5 Å². The maximum atomic E-state index is 12.9. The molecule has 0 aliphatic carbocycles. The Hall–Kier alpha value is -3.55. The normalized spacial score (nSPS) is 11.3. The van der Waals surface area contributed by atoms with Crippen LogP contribution in [0.5, 0.6) is 0 Å². The highest BCUT2D eigenvalue weighted by Crippen LogP contribution is 2.20. The van der Waals surface area contributed by atoms with Crippen LogP contribution in [0, 0.1) is 6.92 Å². The average molecular weight is 375 g/mol. The van der Waals surface area contributed by atoms with Crippen molar-refractivity contribution in [2.45, 2.75) is 33.2 Å². The number of benzene rings is 1. The van der Waals surface area contributed by atoms with Gasteiger partial charge >= 0.3 is 0 Å². The lowest BCUT2D eigenvalue weighted by Crippen LogP contribution is -2.18. The Morgan fingerprint density at radius 2 is 2.04 bits per heavy atom. The van der Waals surface area contributed by atoms with Crippen LogP contribution in [0.3, 0.4) is 0 Å². The number of aromatic nitrogens is 6. The van der Waals surface area contributed by atoms with E-state index in [1.807, 2.05) is 55.8 Å². The lowest BCUT2D eigenvalue weighted by molar-refractivity contribution is 0.102. The lowest BCUT2D eigenvalue weighted by atomic mass is 10.1. The quantitative estimate of drug-likeness (QED) is 0.579. The largest absolute Gasteiger partial charge is 0.331 e. The molecule has 0 fully saturated rings. The molecule has 142 valence electrons. The maximum Gasteiger partial charge on any atom is 0.274 e. The Bertz CT molecular complexity index is 1140. The van der Waals surface area contributed by atoms with Gasteiger partial charge in [-0.1, -0.05) is 32.0 Å². The molecule has 0 atom stereocenters. The Kier molecular flexibility index (Phi) is 4.60. The molecule has 3 heterocycles. The molecule has 0 aliphatic heterocycles. The summed E-state index contributed by atoms with van der Waals surface area (Å²) in [5.41, 5.74) is 2.94. The van der Waals surface area contributed by atoms with Gasteiger partial charge in [-0.3, -0.25) is 4.79 Å². The van der Waals surface area contributed by atoms with Crippen molar-refractivity contribution in [3.63, 3.8) is 0 Å². The van der Waals surface area contributed by atoms with E-state index < -0.39 is 0 Å². The standard InChI is InChI=1S/C20H21N7O/c1-13(2)18-10-17(25-20-22-12-23-27(18)20)19(28)24-16-7-5-4-6-15(16)11-26-9-8-21-14(26)3/h4-10,12-13H,11H2,1-3H3,(H,24,28). The van der Waals surface area contributed by atoms with Crippen LogP contribution in [0.15, 0.2) is 49.1 Å². The molecule has 0 saturated heterocycles. The summed E-state index contributed by atoms with van der Waals surface area (Å²) < 4.78 is 3.69. The summed E-state index contributed by atoms with van der Waals surface area (Å²) in [5.74, 6) is 1.23.